The second-order valence-electron chi connectivity index (χ2n) is 5.91. The molecule has 0 aliphatic rings. The van der Waals surface area contributed by atoms with Gasteiger partial charge in [-0.05, 0) is 36.6 Å². The topological polar surface area (TPSA) is 79.3 Å². The van der Waals surface area contributed by atoms with E-state index in [2.05, 4.69) is 15.3 Å². The van der Waals surface area contributed by atoms with Crippen molar-refractivity contribution in [1.82, 2.24) is 19.7 Å². The number of carbonyl (C=O) groups excluding carboxylic acids is 1. The zero-order valence-corrected chi connectivity index (χ0v) is 13.6. The summed E-state index contributed by atoms with van der Waals surface area (Å²) in [4.78, 5) is 31.6. The Labute approximate surface area is 143 Å². The molecule has 124 valence electrons. The third kappa shape index (κ3) is 2.78. The fraction of sp³-hybridized carbons (Fsp3) is 0.105. The quantitative estimate of drug-likeness (QED) is 0.605. The number of nitrogens with zero attached hydrogens (tertiary/aromatic N) is 2. The van der Waals surface area contributed by atoms with Gasteiger partial charge < -0.3 is 14.7 Å². The van der Waals surface area contributed by atoms with E-state index in [1.807, 2.05) is 47.9 Å². The monoisotopic (exact) mass is 332 g/mol. The number of nitrogens with one attached hydrogen (secondary N) is 2. The summed E-state index contributed by atoms with van der Waals surface area (Å²) in [6, 6.07) is 14.7. The van der Waals surface area contributed by atoms with Gasteiger partial charge in [-0.2, -0.15) is 0 Å². The predicted octanol–water partition coefficient (Wildman–Crippen LogP) is 2.41. The summed E-state index contributed by atoms with van der Waals surface area (Å²) in [6.07, 6.45) is 1.90. The number of hydrogen-bond acceptors (Lipinski definition) is 3. The molecule has 0 atom stereocenters. The van der Waals surface area contributed by atoms with Gasteiger partial charge in [-0.25, -0.2) is 4.98 Å². The first-order valence-electron chi connectivity index (χ1n) is 7.96. The van der Waals surface area contributed by atoms with Crippen LogP contribution in [0.1, 0.15) is 21.9 Å². The van der Waals surface area contributed by atoms with Gasteiger partial charge in [0.1, 0.15) is 11.3 Å². The molecular weight excluding hydrogens is 316 g/mol. The van der Waals surface area contributed by atoms with Crippen LogP contribution in [0.2, 0.25) is 0 Å². The molecule has 0 aliphatic heterocycles. The van der Waals surface area contributed by atoms with Crippen molar-refractivity contribution in [1.29, 1.82) is 0 Å². The Kier molecular flexibility index (Phi) is 3.57. The molecule has 2 N–H and O–H groups in total. The number of aromatic amines is 1. The van der Waals surface area contributed by atoms with E-state index in [4.69, 9.17) is 0 Å². The second kappa shape index (κ2) is 5.90. The molecule has 3 heterocycles. The normalized spacial score (nSPS) is 11.1. The summed E-state index contributed by atoms with van der Waals surface area (Å²) in [7, 11) is 0. The van der Waals surface area contributed by atoms with Crippen LogP contribution in [0.25, 0.3) is 16.4 Å². The van der Waals surface area contributed by atoms with E-state index in [0.717, 1.165) is 22.4 Å². The number of H-pyrrole nitrogens is 1. The van der Waals surface area contributed by atoms with E-state index >= 15 is 0 Å². The highest BCUT2D eigenvalue weighted by Crippen LogP contribution is 2.11. The van der Waals surface area contributed by atoms with Crippen molar-refractivity contribution in [2.24, 2.45) is 0 Å². The first-order chi connectivity index (χ1) is 12.1. The molecule has 25 heavy (non-hydrogen) atoms. The van der Waals surface area contributed by atoms with Crippen molar-refractivity contribution in [3.05, 3.63) is 82.2 Å². The molecule has 0 fully saturated rings. The number of fused-ring (bicyclic) bond motifs is 2. The van der Waals surface area contributed by atoms with Crippen LogP contribution in [0.4, 0.5) is 0 Å². The lowest BCUT2D eigenvalue weighted by atomic mass is 10.1. The van der Waals surface area contributed by atoms with Crippen LogP contribution >= 0.6 is 0 Å². The molecule has 6 nitrogen and oxygen atoms in total. The van der Waals surface area contributed by atoms with E-state index in [1.54, 1.807) is 18.2 Å². The summed E-state index contributed by atoms with van der Waals surface area (Å²) >= 11 is 0. The fourth-order valence-electron chi connectivity index (χ4n) is 2.88. The average molecular weight is 332 g/mol. The first kappa shape index (κ1) is 15.1. The molecule has 0 unspecified atom stereocenters. The highest BCUT2D eigenvalue weighted by atomic mass is 16.2. The van der Waals surface area contributed by atoms with Crippen molar-refractivity contribution in [2.45, 2.75) is 13.5 Å². The number of benzene rings is 1. The minimum absolute atomic E-state index is 0.239. The van der Waals surface area contributed by atoms with Gasteiger partial charge >= 0.3 is 0 Å². The van der Waals surface area contributed by atoms with Gasteiger partial charge in [-0.1, -0.05) is 24.3 Å². The van der Waals surface area contributed by atoms with Crippen LogP contribution in [0.15, 0.2) is 59.5 Å². The van der Waals surface area contributed by atoms with Crippen LogP contribution in [-0.2, 0) is 6.54 Å². The molecule has 0 bridgehead atoms. The summed E-state index contributed by atoms with van der Waals surface area (Å²) in [5, 5.41) is 4.10. The summed E-state index contributed by atoms with van der Waals surface area (Å²) in [5.74, 6) is -0.336. The SMILES string of the molecule is Cc1cccc2nc(CNC(=O)c3cc4ccccc4c(=O)[nH]3)cn12. The van der Waals surface area contributed by atoms with E-state index in [1.165, 1.54) is 0 Å². The number of aryl methyl sites for hydroxylation is 1. The van der Waals surface area contributed by atoms with Crippen LogP contribution in [-0.4, -0.2) is 20.3 Å². The number of pyridine rings is 2. The molecule has 0 radical (unpaired) electrons. The number of aromatic nitrogens is 3. The van der Waals surface area contributed by atoms with Crippen LogP contribution < -0.4 is 10.9 Å². The molecule has 0 aliphatic carbocycles. The van der Waals surface area contributed by atoms with Gasteiger partial charge in [0.2, 0.25) is 0 Å². The molecule has 1 amide bonds. The maximum absolute atomic E-state index is 12.4. The Morgan fingerprint density at radius 1 is 1.20 bits per heavy atom. The molecule has 0 spiro atoms. The minimum Gasteiger partial charge on any atom is -0.345 e. The Bertz CT molecular complexity index is 1160. The van der Waals surface area contributed by atoms with Crippen LogP contribution in [0.5, 0.6) is 0 Å². The van der Waals surface area contributed by atoms with Crippen molar-refractivity contribution < 1.29 is 4.79 Å². The third-order valence-corrected chi connectivity index (χ3v) is 4.17. The smallest absolute Gasteiger partial charge is 0.268 e. The molecule has 0 saturated carbocycles. The average Bonchev–Trinajstić information content (AvgIpc) is 3.04. The fourth-order valence-corrected chi connectivity index (χ4v) is 2.88. The number of rotatable bonds is 3. The van der Waals surface area contributed by atoms with Gasteiger partial charge in [0, 0.05) is 17.3 Å². The third-order valence-electron chi connectivity index (χ3n) is 4.17. The highest BCUT2D eigenvalue weighted by molar-refractivity contribution is 5.96. The molecule has 0 saturated heterocycles. The summed E-state index contributed by atoms with van der Waals surface area (Å²) < 4.78 is 1.97. The number of carbonyl (C=O) groups is 1. The highest BCUT2D eigenvalue weighted by Gasteiger charge is 2.10. The van der Waals surface area contributed by atoms with Crippen molar-refractivity contribution in [2.75, 3.05) is 0 Å². The molecule has 3 aromatic heterocycles. The number of imidazole rings is 1. The molecule has 4 aromatic rings. The zero-order valence-electron chi connectivity index (χ0n) is 13.6. The lowest BCUT2D eigenvalue weighted by Gasteiger charge is -2.04. The van der Waals surface area contributed by atoms with Crippen LogP contribution in [0.3, 0.4) is 0 Å². The van der Waals surface area contributed by atoms with E-state index < -0.39 is 0 Å². The Morgan fingerprint density at radius 2 is 2.04 bits per heavy atom. The molecule has 1 aromatic carbocycles. The van der Waals surface area contributed by atoms with Gasteiger partial charge in [0.15, 0.2) is 0 Å². The largest absolute Gasteiger partial charge is 0.345 e. The van der Waals surface area contributed by atoms with Crippen LogP contribution in [0, 0.1) is 6.92 Å². The minimum atomic E-state index is -0.336. The van der Waals surface area contributed by atoms with E-state index in [9.17, 15) is 9.59 Å². The predicted molar refractivity (Wildman–Crippen MR) is 95.7 cm³/mol. The Balaban J connectivity index is 1.57. The van der Waals surface area contributed by atoms with E-state index in [0.29, 0.717) is 5.39 Å². The Hall–Kier alpha value is -3.41. The van der Waals surface area contributed by atoms with Crippen molar-refractivity contribution in [3.8, 4) is 0 Å². The number of amides is 1. The number of hydrogen-bond donors (Lipinski definition) is 2. The van der Waals surface area contributed by atoms with E-state index in [-0.39, 0.29) is 23.7 Å². The second-order valence-corrected chi connectivity index (χ2v) is 5.91. The van der Waals surface area contributed by atoms with Gasteiger partial charge in [-0.3, -0.25) is 9.59 Å². The van der Waals surface area contributed by atoms with Gasteiger partial charge in [0.05, 0.1) is 12.2 Å². The van der Waals surface area contributed by atoms with Crippen molar-refractivity contribution in [3.63, 3.8) is 0 Å². The Morgan fingerprint density at radius 3 is 2.88 bits per heavy atom. The maximum atomic E-state index is 12.4. The zero-order chi connectivity index (χ0) is 17.4. The standard InChI is InChI=1S/C19H16N4O2/c1-12-5-4-8-17-21-14(11-23(12)17)10-20-19(25)16-9-13-6-2-3-7-15(13)18(24)22-16/h2-9,11H,10H2,1H3,(H,20,25)(H,22,24). The lowest BCUT2D eigenvalue weighted by molar-refractivity contribution is 0.0945. The molecular formula is C19H16N4O2. The summed E-state index contributed by atoms with van der Waals surface area (Å²) in [6.45, 7) is 2.28. The van der Waals surface area contributed by atoms with Crippen molar-refractivity contribution >= 4 is 22.3 Å². The molecule has 6 heteroatoms. The lowest BCUT2D eigenvalue weighted by Crippen LogP contribution is -2.26. The van der Waals surface area contributed by atoms with Gasteiger partial charge in [-0.15, -0.1) is 0 Å². The molecule has 4 rings (SSSR count). The maximum Gasteiger partial charge on any atom is 0.268 e. The first-order valence-corrected chi connectivity index (χ1v) is 7.96. The van der Waals surface area contributed by atoms with Gasteiger partial charge in [0.25, 0.3) is 11.5 Å². The summed E-state index contributed by atoms with van der Waals surface area (Å²) in [5.41, 5.74) is 2.63.